The molecule has 1 rings (SSSR count). The molecule has 3 nitrogen and oxygen atoms in total. The fourth-order valence-electron chi connectivity index (χ4n) is 0.726. The van der Waals surface area contributed by atoms with E-state index in [4.69, 9.17) is 0 Å². The van der Waals surface area contributed by atoms with Gasteiger partial charge < -0.3 is 4.55 Å². The summed E-state index contributed by atoms with van der Waals surface area (Å²) in [6.45, 7) is 6.72. The average molecular weight is 260 g/mol. The largest absolute Gasteiger partial charge is 1.00 e. The first-order chi connectivity index (χ1) is 7.49. The molecule has 0 aliphatic heterocycles. The van der Waals surface area contributed by atoms with E-state index < -0.39 is 10.1 Å². The van der Waals surface area contributed by atoms with Gasteiger partial charge in [-0.2, -0.15) is 0 Å². The topological polar surface area (TPSA) is 57.2 Å². The molecule has 0 aromatic heterocycles. The van der Waals surface area contributed by atoms with Gasteiger partial charge in [-0.15, -0.1) is 0 Å². The molecule has 0 N–H and O–H groups in total. The van der Waals surface area contributed by atoms with Crippen molar-refractivity contribution in [3.05, 3.63) is 66.6 Å². The Morgan fingerprint density at radius 2 is 1.53 bits per heavy atom. The van der Waals surface area contributed by atoms with E-state index in [0.29, 0.717) is 11.0 Å². The molecule has 5 heteroatoms. The van der Waals surface area contributed by atoms with Crippen LogP contribution in [0.4, 0.5) is 0 Å². The maximum absolute atomic E-state index is 10.2. The van der Waals surface area contributed by atoms with Gasteiger partial charge in [-0.1, -0.05) is 55.6 Å². The normalized spacial score (nSPS) is 9.71. The minimum absolute atomic E-state index is 0. The van der Waals surface area contributed by atoms with E-state index >= 15 is 0 Å². The van der Waals surface area contributed by atoms with Gasteiger partial charge in [-0.05, 0) is 11.6 Å². The Balaban J connectivity index is 0. The van der Waals surface area contributed by atoms with Crippen LogP contribution in [0, 0.1) is 0 Å². The van der Waals surface area contributed by atoms with E-state index in [0.717, 1.165) is 0 Å². The zero-order chi connectivity index (χ0) is 12.4. The van der Waals surface area contributed by atoms with Crippen molar-refractivity contribution >= 4 is 16.2 Å². The van der Waals surface area contributed by atoms with Crippen LogP contribution in [0.3, 0.4) is 0 Å². The minimum Gasteiger partial charge on any atom is -0.744 e. The summed E-state index contributed by atoms with van der Waals surface area (Å²) in [6, 6.07) is 8.75. The summed E-state index contributed by atoms with van der Waals surface area (Å²) >= 11 is 0. The Bertz CT molecular complexity index is 444. The summed E-state index contributed by atoms with van der Waals surface area (Å²) in [5, 5.41) is 0.641. The molecule has 86 valence electrons. The van der Waals surface area contributed by atoms with Crippen LogP contribution < -0.4 is 29.6 Å². The molecular weight excluding hydrogens is 247 g/mol. The molecule has 1 aromatic carbocycles. The van der Waals surface area contributed by atoms with Crippen LogP contribution in [0.25, 0.3) is 6.08 Å². The molecule has 0 atom stereocenters. The van der Waals surface area contributed by atoms with Crippen LogP contribution >= 0.6 is 0 Å². The molecule has 0 fully saturated rings. The zero-order valence-corrected chi connectivity index (χ0v) is 12.6. The first-order valence-electron chi connectivity index (χ1n) is 4.42. The van der Waals surface area contributed by atoms with Gasteiger partial charge in [0.25, 0.3) is 0 Å². The number of hydrogen-bond donors (Lipinski definition) is 0. The molecular formula is C12H13NaO3S. The van der Waals surface area contributed by atoms with Gasteiger partial charge in [0.15, 0.2) is 0 Å². The Hall–Kier alpha value is -0.650. The van der Waals surface area contributed by atoms with Crippen LogP contribution in [-0.4, -0.2) is 13.0 Å². The second kappa shape index (κ2) is 10.5. The van der Waals surface area contributed by atoms with Gasteiger partial charge in [-0.3, -0.25) is 0 Å². The molecule has 17 heavy (non-hydrogen) atoms. The molecule has 0 saturated carbocycles. The molecule has 0 unspecified atom stereocenters. The number of hydrogen-bond acceptors (Lipinski definition) is 3. The van der Waals surface area contributed by atoms with Gasteiger partial charge in [0.1, 0.15) is 10.1 Å². The van der Waals surface area contributed by atoms with Crippen molar-refractivity contribution in [1.29, 1.82) is 0 Å². The minimum atomic E-state index is -4.25. The van der Waals surface area contributed by atoms with E-state index in [1.165, 1.54) is 6.08 Å². The molecule has 0 radical (unpaired) electrons. The zero-order valence-electron chi connectivity index (χ0n) is 9.74. The van der Waals surface area contributed by atoms with Crippen LogP contribution in [0.5, 0.6) is 0 Å². The third-order valence-corrected chi connectivity index (χ3v) is 1.86. The summed E-state index contributed by atoms with van der Waals surface area (Å²) in [6.07, 6.45) is 4.54. The van der Waals surface area contributed by atoms with Crippen molar-refractivity contribution in [2.45, 2.75) is 0 Å². The monoisotopic (exact) mass is 260 g/mol. The fraction of sp³-hybridized carbons (Fsp3) is 0. The molecule has 0 bridgehead atoms. The first-order valence-corrected chi connectivity index (χ1v) is 5.89. The summed E-state index contributed by atoms with van der Waals surface area (Å²) in [4.78, 5) is 0. The van der Waals surface area contributed by atoms with Crippen LogP contribution in [-0.2, 0) is 10.1 Å². The number of rotatable bonds is 3. The van der Waals surface area contributed by atoms with Crippen LogP contribution in [0.1, 0.15) is 5.56 Å². The summed E-state index contributed by atoms with van der Waals surface area (Å²) in [7, 11) is -4.25. The van der Waals surface area contributed by atoms with E-state index in [-0.39, 0.29) is 29.6 Å². The van der Waals surface area contributed by atoms with Crippen molar-refractivity contribution in [2.24, 2.45) is 0 Å². The van der Waals surface area contributed by atoms with Crippen molar-refractivity contribution in [3.63, 3.8) is 0 Å². The third-order valence-electron chi connectivity index (χ3n) is 1.39. The third kappa shape index (κ3) is 13.3. The Kier molecular flexibility index (Phi) is 11.6. The standard InChI is InChI=1S/C8H8O3S.C4H6.Na/c9-12(10,11)7-6-8-4-2-1-3-5-8;1-3-4-2;/h1-7H,(H,9,10,11);3-4H,1-2H2;/q;;+1/p-1. The van der Waals surface area contributed by atoms with Gasteiger partial charge in [-0.25, -0.2) is 8.42 Å². The Morgan fingerprint density at radius 1 is 1.06 bits per heavy atom. The second-order valence-electron chi connectivity index (χ2n) is 2.68. The van der Waals surface area contributed by atoms with E-state index in [1.807, 2.05) is 6.07 Å². The maximum atomic E-state index is 10.2. The van der Waals surface area contributed by atoms with Crippen molar-refractivity contribution < 1.29 is 42.5 Å². The van der Waals surface area contributed by atoms with Crippen LogP contribution in [0.15, 0.2) is 61.0 Å². The quantitative estimate of drug-likeness (QED) is 0.421. The molecule has 1 aromatic rings. The van der Waals surface area contributed by atoms with Crippen molar-refractivity contribution in [3.8, 4) is 0 Å². The van der Waals surface area contributed by atoms with E-state index in [2.05, 4.69) is 13.2 Å². The summed E-state index contributed by atoms with van der Waals surface area (Å²) in [5.74, 6) is 0. The molecule has 0 aliphatic rings. The number of allylic oxidation sites excluding steroid dienone is 2. The molecule has 0 heterocycles. The Morgan fingerprint density at radius 3 is 1.88 bits per heavy atom. The predicted molar refractivity (Wildman–Crippen MR) is 65.6 cm³/mol. The van der Waals surface area contributed by atoms with Crippen molar-refractivity contribution in [2.75, 3.05) is 0 Å². The fourth-order valence-corrected chi connectivity index (χ4v) is 1.05. The van der Waals surface area contributed by atoms with Gasteiger partial charge in [0.05, 0.1) is 0 Å². The predicted octanol–water partition coefficient (Wildman–Crippen LogP) is -0.435. The van der Waals surface area contributed by atoms with E-state index in [9.17, 15) is 13.0 Å². The maximum Gasteiger partial charge on any atom is 1.00 e. The smallest absolute Gasteiger partial charge is 0.744 e. The van der Waals surface area contributed by atoms with E-state index in [1.54, 1.807) is 36.4 Å². The molecule has 0 saturated heterocycles. The Labute approximate surface area is 125 Å². The van der Waals surface area contributed by atoms with Gasteiger partial charge in [0.2, 0.25) is 0 Å². The summed E-state index contributed by atoms with van der Waals surface area (Å²) in [5.41, 5.74) is 0.692. The van der Waals surface area contributed by atoms with Crippen molar-refractivity contribution in [1.82, 2.24) is 0 Å². The molecule has 0 amide bonds. The molecule has 0 aliphatic carbocycles. The SMILES string of the molecule is C=CC=C.O=S(=O)([O-])C=Cc1ccccc1.[Na+]. The first kappa shape index (κ1) is 18.7. The molecule has 0 spiro atoms. The van der Waals surface area contributed by atoms with Gasteiger partial charge in [0, 0.05) is 5.41 Å². The second-order valence-corrected chi connectivity index (χ2v) is 3.94. The number of benzene rings is 1. The van der Waals surface area contributed by atoms with Crippen LogP contribution in [0.2, 0.25) is 0 Å². The van der Waals surface area contributed by atoms with Gasteiger partial charge >= 0.3 is 29.6 Å². The summed E-state index contributed by atoms with van der Waals surface area (Å²) < 4.78 is 30.5. The average Bonchev–Trinajstić information content (AvgIpc) is 2.27.